The number of benzene rings is 1. The number of amides is 2. The Hall–Kier alpha value is -1.88. The third-order valence-corrected chi connectivity index (χ3v) is 3.75. The maximum absolute atomic E-state index is 12.5. The molecule has 0 atom stereocenters. The molecular formula is C18H27N3O2. The van der Waals surface area contributed by atoms with Crippen LogP contribution in [0.4, 0.5) is 5.69 Å². The Morgan fingerprint density at radius 2 is 1.83 bits per heavy atom. The molecule has 0 spiro atoms. The van der Waals surface area contributed by atoms with Crippen LogP contribution in [-0.4, -0.2) is 54.3 Å². The van der Waals surface area contributed by atoms with Crippen molar-refractivity contribution in [3.05, 3.63) is 30.3 Å². The normalized spacial score (nSPS) is 14.1. The van der Waals surface area contributed by atoms with Crippen LogP contribution < -0.4 is 5.32 Å². The molecule has 23 heavy (non-hydrogen) atoms. The highest BCUT2D eigenvalue weighted by atomic mass is 16.2. The molecule has 126 valence electrons. The first-order valence-corrected chi connectivity index (χ1v) is 8.28. The molecule has 1 N–H and O–H groups in total. The number of likely N-dealkylation sites (N-methyl/N-ethyl adjacent to an activating group) is 1. The van der Waals surface area contributed by atoms with E-state index in [9.17, 15) is 9.59 Å². The number of nitrogens with zero attached hydrogens (tertiary/aromatic N) is 2. The van der Waals surface area contributed by atoms with Gasteiger partial charge in [0, 0.05) is 18.3 Å². The molecule has 5 heteroatoms. The van der Waals surface area contributed by atoms with E-state index in [1.165, 1.54) is 0 Å². The van der Waals surface area contributed by atoms with Gasteiger partial charge in [0.05, 0.1) is 13.1 Å². The second-order valence-corrected chi connectivity index (χ2v) is 6.76. The first-order valence-electron chi connectivity index (χ1n) is 8.28. The molecule has 1 saturated carbocycles. The largest absolute Gasteiger partial charge is 0.338 e. The van der Waals surface area contributed by atoms with Crippen molar-refractivity contribution >= 4 is 17.5 Å². The van der Waals surface area contributed by atoms with Crippen LogP contribution in [0, 0.1) is 5.92 Å². The molecular weight excluding hydrogens is 290 g/mol. The summed E-state index contributed by atoms with van der Waals surface area (Å²) in [4.78, 5) is 28.2. The summed E-state index contributed by atoms with van der Waals surface area (Å²) in [6.45, 7) is 5.54. The molecule has 0 radical (unpaired) electrons. The Bertz CT molecular complexity index is 526. The summed E-state index contributed by atoms with van der Waals surface area (Å²) in [5.41, 5.74) is 0.775. The molecule has 1 aromatic rings. The van der Waals surface area contributed by atoms with Gasteiger partial charge in [-0.2, -0.15) is 0 Å². The van der Waals surface area contributed by atoms with Crippen molar-refractivity contribution in [1.82, 2.24) is 9.80 Å². The van der Waals surface area contributed by atoms with Gasteiger partial charge >= 0.3 is 0 Å². The highest BCUT2D eigenvalue weighted by Gasteiger charge is 2.33. The number of hydrogen-bond acceptors (Lipinski definition) is 3. The van der Waals surface area contributed by atoms with Crippen LogP contribution in [0.15, 0.2) is 30.3 Å². The summed E-state index contributed by atoms with van der Waals surface area (Å²) in [7, 11) is 1.81. The fourth-order valence-corrected chi connectivity index (χ4v) is 2.58. The molecule has 0 unspecified atom stereocenters. The van der Waals surface area contributed by atoms with Crippen LogP contribution in [0.25, 0.3) is 0 Å². The number of anilines is 1. The van der Waals surface area contributed by atoms with Crippen molar-refractivity contribution in [2.45, 2.75) is 32.7 Å². The first kappa shape index (κ1) is 17.5. The molecule has 0 heterocycles. The molecule has 0 bridgehead atoms. The van der Waals surface area contributed by atoms with Crippen LogP contribution in [0.1, 0.15) is 26.7 Å². The van der Waals surface area contributed by atoms with Gasteiger partial charge in [0.1, 0.15) is 0 Å². The monoisotopic (exact) mass is 317 g/mol. The molecule has 1 fully saturated rings. The van der Waals surface area contributed by atoms with Crippen LogP contribution in [0.3, 0.4) is 0 Å². The average molecular weight is 317 g/mol. The summed E-state index contributed by atoms with van der Waals surface area (Å²) in [6, 6.07) is 9.77. The minimum Gasteiger partial charge on any atom is -0.338 e. The van der Waals surface area contributed by atoms with Gasteiger partial charge in [-0.05, 0) is 37.9 Å². The topological polar surface area (TPSA) is 52.7 Å². The average Bonchev–Trinajstić information content (AvgIpc) is 3.29. The predicted molar refractivity (Wildman–Crippen MR) is 92.1 cm³/mol. The van der Waals surface area contributed by atoms with Crippen molar-refractivity contribution in [3.63, 3.8) is 0 Å². The minimum atomic E-state index is -0.103. The summed E-state index contributed by atoms with van der Waals surface area (Å²) in [5, 5.41) is 2.84. The minimum absolute atomic E-state index is 0.103. The second kappa shape index (κ2) is 8.11. The maximum Gasteiger partial charge on any atom is 0.238 e. The zero-order valence-electron chi connectivity index (χ0n) is 14.3. The van der Waals surface area contributed by atoms with E-state index in [-0.39, 0.29) is 24.9 Å². The standard InChI is InChI=1S/C18H27N3O2/c1-14(2)11-21(16-9-10-16)18(23)13-20(3)12-17(22)19-15-7-5-4-6-8-15/h4-8,14,16H,9-13H2,1-3H3,(H,19,22). The number of nitrogens with one attached hydrogen (secondary N) is 1. The van der Waals surface area contributed by atoms with Crippen molar-refractivity contribution in [2.24, 2.45) is 5.92 Å². The summed E-state index contributed by atoms with van der Waals surface area (Å²) in [6.07, 6.45) is 2.22. The Labute approximate surface area is 138 Å². The van der Waals surface area contributed by atoms with E-state index in [1.807, 2.05) is 42.3 Å². The van der Waals surface area contributed by atoms with E-state index in [4.69, 9.17) is 0 Å². The smallest absolute Gasteiger partial charge is 0.238 e. The van der Waals surface area contributed by atoms with Gasteiger partial charge < -0.3 is 10.2 Å². The molecule has 1 aliphatic rings. The third-order valence-electron chi connectivity index (χ3n) is 3.75. The molecule has 0 aromatic heterocycles. The zero-order chi connectivity index (χ0) is 16.8. The van der Waals surface area contributed by atoms with Crippen LogP contribution in [0.2, 0.25) is 0 Å². The fourth-order valence-electron chi connectivity index (χ4n) is 2.58. The third kappa shape index (κ3) is 6.02. The molecule has 1 aliphatic carbocycles. The Morgan fingerprint density at radius 1 is 1.17 bits per heavy atom. The highest BCUT2D eigenvalue weighted by Crippen LogP contribution is 2.27. The maximum atomic E-state index is 12.5. The van der Waals surface area contributed by atoms with E-state index in [0.717, 1.165) is 25.1 Å². The highest BCUT2D eigenvalue weighted by molar-refractivity contribution is 5.92. The predicted octanol–water partition coefficient (Wildman–Crippen LogP) is 2.20. The lowest BCUT2D eigenvalue weighted by molar-refractivity contribution is -0.133. The lowest BCUT2D eigenvalue weighted by Crippen LogP contribution is -2.43. The first-order chi connectivity index (χ1) is 11.0. The summed E-state index contributed by atoms with van der Waals surface area (Å²) in [5.74, 6) is 0.482. The summed E-state index contributed by atoms with van der Waals surface area (Å²) >= 11 is 0. The molecule has 0 saturated heterocycles. The second-order valence-electron chi connectivity index (χ2n) is 6.76. The Morgan fingerprint density at radius 3 is 2.39 bits per heavy atom. The number of rotatable bonds is 8. The lowest BCUT2D eigenvalue weighted by atomic mass is 10.2. The van der Waals surface area contributed by atoms with E-state index >= 15 is 0 Å². The van der Waals surface area contributed by atoms with Gasteiger partial charge in [-0.3, -0.25) is 14.5 Å². The van der Waals surface area contributed by atoms with E-state index in [2.05, 4.69) is 19.2 Å². The van der Waals surface area contributed by atoms with Crippen molar-refractivity contribution in [1.29, 1.82) is 0 Å². The van der Waals surface area contributed by atoms with Crippen molar-refractivity contribution in [3.8, 4) is 0 Å². The Balaban J connectivity index is 1.79. The number of carbonyl (C=O) groups is 2. The fraction of sp³-hybridized carbons (Fsp3) is 0.556. The van der Waals surface area contributed by atoms with Gasteiger partial charge in [0.2, 0.25) is 11.8 Å². The van der Waals surface area contributed by atoms with E-state index in [0.29, 0.717) is 12.0 Å². The van der Waals surface area contributed by atoms with E-state index < -0.39 is 0 Å². The van der Waals surface area contributed by atoms with Gasteiger partial charge in [-0.15, -0.1) is 0 Å². The van der Waals surface area contributed by atoms with Crippen molar-refractivity contribution in [2.75, 3.05) is 32.0 Å². The van der Waals surface area contributed by atoms with Gasteiger partial charge in [0.15, 0.2) is 0 Å². The lowest BCUT2D eigenvalue weighted by Gasteiger charge is -2.26. The van der Waals surface area contributed by atoms with Crippen LogP contribution in [0.5, 0.6) is 0 Å². The zero-order valence-corrected chi connectivity index (χ0v) is 14.3. The van der Waals surface area contributed by atoms with Gasteiger partial charge in [-0.1, -0.05) is 32.0 Å². The van der Waals surface area contributed by atoms with Crippen LogP contribution in [-0.2, 0) is 9.59 Å². The van der Waals surface area contributed by atoms with Gasteiger partial charge in [-0.25, -0.2) is 0 Å². The molecule has 5 nitrogen and oxygen atoms in total. The molecule has 2 amide bonds. The summed E-state index contributed by atoms with van der Waals surface area (Å²) < 4.78 is 0. The quantitative estimate of drug-likeness (QED) is 0.800. The SMILES string of the molecule is CC(C)CN(C(=O)CN(C)CC(=O)Nc1ccccc1)C1CC1. The number of hydrogen-bond donors (Lipinski definition) is 1. The van der Waals surface area contributed by atoms with Crippen molar-refractivity contribution < 1.29 is 9.59 Å². The number of carbonyl (C=O) groups excluding carboxylic acids is 2. The molecule has 1 aromatic carbocycles. The van der Waals surface area contributed by atoms with Gasteiger partial charge in [0.25, 0.3) is 0 Å². The van der Waals surface area contributed by atoms with Crippen LogP contribution >= 0.6 is 0 Å². The number of para-hydroxylation sites is 1. The molecule has 2 rings (SSSR count). The van der Waals surface area contributed by atoms with E-state index in [1.54, 1.807) is 4.90 Å². The molecule has 0 aliphatic heterocycles. The Kier molecular flexibility index (Phi) is 6.16.